The zero-order valence-corrected chi connectivity index (χ0v) is 13.3. The minimum atomic E-state index is -0.746. The lowest BCUT2D eigenvalue weighted by molar-refractivity contribution is -0.141. The van der Waals surface area contributed by atoms with Crippen molar-refractivity contribution in [2.24, 2.45) is 5.92 Å². The number of carboxylic acids is 1. The molecule has 6 nitrogen and oxygen atoms in total. The van der Waals surface area contributed by atoms with Crippen LogP contribution in [-0.4, -0.2) is 44.0 Å². The molecule has 2 heterocycles. The molecule has 2 aliphatic rings. The highest BCUT2D eigenvalue weighted by Gasteiger charge is 2.30. The molecule has 1 aromatic rings. The number of hydrogen-bond donors (Lipinski definition) is 2. The number of nitrogens with one attached hydrogen (secondary N) is 1. The van der Waals surface area contributed by atoms with Gasteiger partial charge in [0.2, 0.25) is 0 Å². The van der Waals surface area contributed by atoms with E-state index < -0.39 is 5.97 Å². The number of methoxy groups -OCH3 is 1. The second-order valence-electron chi connectivity index (χ2n) is 6.10. The highest BCUT2D eigenvalue weighted by molar-refractivity contribution is 5.70. The van der Waals surface area contributed by atoms with Gasteiger partial charge in [-0.2, -0.15) is 0 Å². The summed E-state index contributed by atoms with van der Waals surface area (Å²) in [6.45, 7) is 1.91. The molecule has 0 spiro atoms. The smallest absolute Gasteiger partial charge is 0.307 e. The Morgan fingerprint density at radius 1 is 1.39 bits per heavy atom. The number of rotatable bonds is 5. The molecule has 3 rings (SSSR count). The fraction of sp³-hybridized carbons (Fsp3) is 0.588. The van der Waals surface area contributed by atoms with Crippen molar-refractivity contribution in [3.8, 4) is 11.5 Å². The van der Waals surface area contributed by atoms with E-state index in [-0.39, 0.29) is 18.1 Å². The van der Waals surface area contributed by atoms with Gasteiger partial charge in [0.05, 0.1) is 19.6 Å². The lowest BCUT2D eigenvalue weighted by Crippen LogP contribution is -2.28. The van der Waals surface area contributed by atoms with Gasteiger partial charge in [0.1, 0.15) is 6.10 Å². The van der Waals surface area contributed by atoms with Crippen LogP contribution in [0.2, 0.25) is 0 Å². The van der Waals surface area contributed by atoms with Gasteiger partial charge in [-0.15, -0.1) is 0 Å². The molecule has 0 aromatic heterocycles. The van der Waals surface area contributed by atoms with Crippen LogP contribution in [0.1, 0.15) is 30.9 Å². The first-order valence-corrected chi connectivity index (χ1v) is 8.06. The topological polar surface area (TPSA) is 77.0 Å². The fourth-order valence-electron chi connectivity index (χ4n) is 3.16. The molecule has 0 saturated carbocycles. The van der Waals surface area contributed by atoms with Crippen LogP contribution in [0, 0.1) is 5.92 Å². The Balaban J connectivity index is 1.70. The lowest BCUT2D eigenvalue weighted by atomic mass is 10.00. The first-order valence-electron chi connectivity index (χ1n) is 8.06. The molecule has 0 aliphatic carbocycles. The number of carboxylic acid groups (broad SMARTS) is 1. The molecule has 126 valence electrons. The van der Waals surface area contributed by atoms with E-state index in [0.717, 1.165) is 25.0 Å². The minimum Gasteiger partial charge on any atom is -0.493 e. The summed E-state index contributed by atoms with van der Waals surface area (Å²) < 4.78 is 16.9. The summed E-state index contributed by atoms with van der Waals surface area (Å²) >= 11 is 0. The molecule has 1 aromatic carbocycles. The SMILES string of the molecule is COc1cc(C2CC(C(=O)O)CN2)ccc1OC1CCCOC1. The molecule has 23 heavy (non-hydrogen) atoms. The van der Waals surface area contributed by atoms with Gasteiger partial charge in [-0.05, 0) is 37.0 Å². The summed E-state index contributed by atoms with van der Waals surface area (Å²) in [7, 11) is 1.62. The molecule has 2 aliphatic heterocycles. The van der Waals surface area contributed by atoms with Crippen molar-refractivity contribution in [1.29, 1.82) is 0 Å². The van der Waals surface area contributed by atoms with Crippen LogP contribution in [-0.2, 0) is 9.53 Å². The Morgan fingerprint density at radius 3 is 2.91 bits per heavy atom. The van der Waals surface area contributed by atoms with E-state index in [0.29, 0.717) is 31.1 Å². The Hall–Kier alpha value is -1.79. The van der Waals surface area contributed by atoms with Crippen molar-refractivity contribution in [2.75, 3.05) is 26.9 Å². The summed E-state index contributed by atoms with van der Waals surface area (Å²) in [5, 5.41) is 12.4. The van der Waals surface area contributed by atoms with Crippen LogP contribution < -0.4 is 14.8 Å². The van der Waals surface area contributed by atoms with Crippen LogP contribution in [0.4, 0.5) is 0 Å². The van der Waals surface area contributed by atoms with E-state index in [1.807, 2.05) is 18.2 Å². The molecule has 3 atom stereocenters. The molecule has 3 unspecified atom stereocenters. The molecular formula is C17H23NO5. The minimum absolute atomic E-state index is 0.0389. The Kier molecular flexibility index (Phi) is 5.03. The van der Waals surface area contributed by atoms with Gasteiger partial charge in [0.25, 0.3) is 0 Å². The van der Waals surface area contributed by atoms with Crippen LogP contribution in [0.5, 0.6) is 11.5 Å². The molecule has 0 bridgehead atoms. The maximum Gasteiger partial charge on any atom is 0.307 e. The summed E-state index contributed by atoms with van der Waals surface area (Å²) in [6, 6.07) is 5.85. The van der Waals surface area contributed by atoms with Gasteiger partial charge in [-0.1, -0.05) is 6.07 Å². The van der Waals surface area contributed by atoms with Crippen LogP contribution >= 0.6 is 0 Å². The zero-order valence-electron chi connectivity index (χ0n) is 13.3. The predicted octanol–water partition coefficient (Wildman–Crippen LogP) is 1.99. The van der Waals surface area contributed by atoms with Crippen LogP contribution in [0.15, 0.2) is 18.2 Å². The molecule has 0 radical (unpaired) electrons. The van der Waals surface area contributed by atoms with Gasteiger partial charge in [0, 0.05) is 19.2 Å². The van der Waals surface area contributed by atoms with Crippen molar-refractivity contribution in [3.05, 3.63) is 23.8 Å². The van der Waals surface area contributed by atoms with Crippen molar-refractivity contribution in [2.45, 2.75) is 31.4 Å². The van der Waals surface area contributed by atoms with E-state index in [2.05, 4.69) is 5.32 Å². The predicted molar refractivity (Wildman–Crippen MR) is 83.9 cm³/mol. The molecule has 2 N–H and O–H groups in total. The highest BCUT2D eigenvalue weighted by Crippen LogP contribution is 2.35. The van der Waals surface area contributed by atoms with Crippen molar-refractivity contribution in [3.63, 3.8) is 0 Å². The summed E-state index contributed by atoms with van der Waals surface area (Å²) in [5.41, 5.74) is 1.03. The van der Waals surface area contributed by atoms with Gasteiger partial charge in [-0.3, -0.25) is 4.79 Å². The quantitative estimate of drug-likeness (QED) is 0.864. The summed E-state index contributed by atoms with van der Waals surface area (Å²) in [5.74, 6) is 0.304. The summed E-state index contributed by atoms with van der Waals surface area (Å²) in [4.78, 5) is 11.1. The van der Waals surface area contributed by atoms with E-state index in [1.54, 1.807) is 7.11 Å². The molecular weight excluding hydrogens is 298 g/mol. The van der Waals surface area contributed by atoms with Gasteiger partial charge >= 0.3 is 5.97 Å². The maximum atomic E-state index is 11.1. The first-order chi connectivity index (χ1) is 11.2. The van der Waals surface area contributed by atoms with Gasteiger partial charge < -0.3 is 24.6 Å². The van der Waals surface area contributed by atoms with E-state index in [1.165, 1.54) is 0 Å². The third kappa shape index (κ3) is 3.76. The Morgan fingerprint density at radius 2 is 2.26 bits per heavy atom. The number of benzene rings is 1. The van der Waals surface area contributed by atoms with Crippen LogP contribution in [0.25, 0.3) is 0 Å². The summed E-state index contributed by atoms with van der Waals surface area (Å²) in [6.07, 6.45) is 2.64. The van der Waals surface area contributed by atoms with E-state index in [4.69, 9.17) is 19.3 Å². The Bertz CT molecular complexity index is 556. The molecule has 0 amide bonds. The average Bonchev–Trinajstić information content (AvgIpc) is 3.06. The zero-order chi connectivity index (χ0) is 16.2. The Labute approximate surface area is 135 Å². The lowest BCUT2D eigenvalue weighted by Gasteiger charge is -2.24. The largest absolute Gasteiger partial charge is 0.493 e. The number of hydrogen-bond acceptors (Lipinski definition) is 5. The van der Waals surface area contributed by atoms with E-state index in [9.17, 15) is 4.79 Å². The second kappa shape index (κ2) is 7.19. The highest BCUT2D eigenvalue weighted by atomic mass is 16.5. The van der Waals surface area contributed by atoms with Crippen molar-refractivity contribution < 1.29 is 24.1 Å². The normalized spacial score (nSPS) is 27.6. The molecule has 2 fully saturated rings. The molecule has 6 heteroatoms. The van der Waals surface area contributed by atoms with Crippen LogP contribution in [0.3, 0.4) is 0 Å². The third-order valence-electron chi connectivity index (χ3n) is 4.48. The van der Waals surface area contributed by atoms with Gasteiger partial charge in [0.15, 0.2) is 11.5 Å². The standard InChI is InChI=1S/C17H23NO5/c1-21-16-8-11(14-7-12(9-18-14)17(19)20)4-5-15(16)23-13-3-2-6-22-10-13/h4-5,8,12-14,18H,2-3,6-7,9-10H2,1H3,(H,19,20). The number of aliphatic carboxylic acids is 1. The van der Waals surface area contributed by atoms with Crippen molar-refractivity contribution in [1.82, 2.24) is 5.32 Å². The monoisotopic (exact) mass is 321 g/mol. The van der Waals surface area contributed by atoms with Gasteiger partial charge in [-0.25, -0.2) is 0 Å². The number of ether oxygens (including phenoxy) is 3. The average molecular weight is 321 g/mol. The maximum absolute atomic E-state index is 11.1. The van der Waals surface area contributed by atoms with Crippen molar-refractivity contribution >= 4 is 5.97 Å². The van der Waals surface area contributed by atoms with E-state index >= 15 is 0 Å². The molecule has 2 saturated heterocycles. The first kappa shape index (κ1) is 16.1. The second-order valence-corrected chi connectivity index (χ2v) is 6.10. The third-order valence-corrected chi connectivity index (χ3v) is 4.48. The number of carbonyl (C=O) groups is 1. The fourth-order valence-corrected chi connectivity index (χ4v) is 3.16.